The predicted molar refractivity (Wildman–Crippen MR) is 117 cm³/mol. The number of aryl methyl sites for hydroxylation is 3. The topological polar surface area (TPSA) is 81.4 Å². The summed E-state index contributed by atoms with van der Waals surface area (Å²) in [6.45, 7) is 6.49. The van der Waals surface area contributed by atoms with Crippen molar-refractivity contribution in [3.05, 3.63) is 65.0 Å². The molecule has 0 aliphatic rings. The molecule has 30 heavy (non-hydrogen) atoms. The van der Waals surface area contributed by atoms with Crippen molar-refractivity contribution in [1.29, 1.82) is 0 Å². The van der Waals surface area contributed by atoms with Gasteiger partial charge in [0.05, 0.1) is 0 Å². The SMILES string of the molecule is CCc1nnc2sc(-c3ccc(CNC(=O)COc4cc(C)cc(C)c4)cc3)nn12. The number of hydrogen-bond acceptors (Lipinski definition) is 6. The van der Waals surface area contributed by atoms with E-state index in [2.05, 4.69) is 26.7 Å². The third kappa shape index (κ3) is 4.49. The highest BCUT2D eigenvalue weighted by atomic mass is 32.1. The van der Waals surface area contributed by atoms with Gasteiger partial charge in [0.1, 0.15) is 10.8 Å². The van der Waals surface area contributed by atoms with Gasteiger partial charge >= 0.3 is 0 Å². The first kappa shape index (κ1) is 20.0. The molecule has 0 bridgehead atoms. The van der Waals surface area contributed by atoms with Crippen molar-refractivity contribution in [1.82, 2.24) is 25.1 Å². The summed E-state index contributed by atoms with van der Waals surface area (Å²) >= 11 is 1.51. The van der Waals surface area contributed by atoms with Crippen molar-refractivity contribution < 1.29 is 9.53 Å². The van der Waals surface area contributed by atoms with Crippen LogP contribution in [0.4, 0.5) is 0 Å². The fourth-order valence-corrected chi connectivity index (χ4v) is 4.04. The number of benzene rings is 2. The minimum absolute atomic E-state index is 0.00627. The van der Waals surface area contributed by atoms with Crippen molar-refractivity contribution >= 4 is 22.2 Å². The molecule has 154 valence electrons. The van der Waals surface area contributed by atoms with Crippen LogP contribution in [-0.2, 0) is 17.8 Å². The monoisotopic (exact) mass is 421 g/mol. The maximum Gasteiger partial charge on any atom is 0.258 e. The van der Waals surface area contributed by atoms with E-state index >= 15 is 0 Å². The maximum atomic E-state index is 12.1. The lowest BCUT2D eigenvalue weighted by Crippen LogP contribution is -2.28. The molecule has 0 unspecified atom stereocenters. The molecule has 7 nitrogen and oxygen atoms in total. The predicted octanol–water partition coefficient (Wildman–Crippen LogP) is 3.73. The molecule has 0 fully saturated rings. The average Bonchev–Trinajstić information content (AvgIpc) is 3.31. The van der Waals surface area contributed by atoms with E-state index in [0.717, 1.165) is 44.5 Å². The highest BCUT2D eigenvalue weighted by Gasteiger charge is 2.12. The molecule has 2 aromatic carbocycles. The smallest absolute Gasteiger partial charge is 0.258 e. The van der Waals surface area contributed by atoms with Crippen LogP contribution in [0, 0.1) is 13.8 Å². The quantitative estimate of drug-likeness (QED) is 0.492. The van der Waals surface area contributed by atoms with E-state index in [1.54, 1.807) is 4.52 Å². The van der Waals surface area contributed by atoms with Gasteiger partial charge < -0.3 is 10.1 Å². The van der Waals surface area contributed by atoms with E-state index < -0.39 is 0 Å². The number of nitrogens with zero attached hydrogens (tertiary/aromatic N) is 4. The molecule has 0 radical (unpaired) electrons. The molecule has 2 heterocycles. The van der Waals surface area contributed by atoms with Gasteiger partial charge in [-0.05, 0) is 42.7 Å². The van der Waals surface area contributed by atoms with Crippen LogP contribution in [0.5, 0.6) is 5.75 Å². The largest absolute Gasteiger partial charge is 0.484 e. The van der Waals surface area contributed by atoms with E-state index in [-0.39, 0.29) is 12.5 Å². The fraction of sp³-hybridized carbons (Fsp3) is 0.273. The van der Waals surface area contributed by atoms with E-state index in [1.165, 1.54) is 11.3 Å². The molecule has 1 N–H and O–H groups in total. The number of rotatable bonds is 7. The zero-order valence-corrected chi connectivity index (χ0v) is 18.0. The number of aromatic nitrogens is 4. The molecule has 4 aromatic rings. The summed E-state index contributed by atoms with van der Waals surface area (Å²) in [5, 5.41) is 16.7. The molecule has 2 aromatic heterocycles. The second-order valence-corrected chi connectivity index (χ2v) is 8.11. The molecular weight excluding hydrogens is 398 g/mol. The zero-order valence-electron chi connectivity index (χ0n) is 17.2. The Morgan fingerprint density at radius 1 is 1.10 bits per heavy atom. The lowest BCUT2D eigenvalue weighted by Gasteiger charge is -2.09. The summed E-state index contributed by atoms with van der Waals surface area (Å²) < 4.78 is 7.40. The van der Waals surface area contributed by atoms with Crippen LogP contribution in [0.15, 0.2) is 42.5 Å². The maximum absolute atomic E-state index is 12.1. The van der Waals surface area contributed by atoms with Crippen molar-refractivity contribution in [2.75, 3.05) is 6.61 Å². The number of ether oxygens (including phenoxy) is 1. The number of hydrogen-bond donors (Lipinski definition) is 1. The number of amides is 1. The molecule has 0 aliphatic heterocycles. The summed E-state index contributed by atoms with van der Waals surface area (Å²) in [6, 6.07) is 13.9. The lowest BCUT2D eigenvalue weighted by molar-refractivity contribution is -0.123. The Morgan fingerprint density at radius 3 is 2.53 bits per heavy atom. The Morgan fingerprint density at radius 2 is 1.83 bits per heavy atom. The van der Waals surface area contributed by atoms with Crippen molar-refractivity contribution in [3.8, 4) is 16.3 Å². The van der Waals surface area contributed by atoms with Crippen LogP contribution in [0.25, 0.3) is 15.5 Å². The number of carbonyl (C=O) groups excluding carboxylic acids is 1. The molecule has 0 saturated carbocycles. The third-order valence-corrected chi connectivity index (χ3v) is 5.58. The van der Waals surface area contributed by atoms with Crippen molar-refractivity contribution in [2.24, 2.45) is 0 Å². The minimum atomic E-state index is -0.154. The van der Waals surface area contributed by atoms with Gasteiger partial charge in [-0.25, -0.2) is 0 Å². The number of nitrogens with one attached hydrogen (secondary N) is 1. The van der Waals surface area contributed by atoms with E-state index in [9.17, 15) is 4.79 Å². The fourth-order valence-electron chi connectivity index (χ4n) is 3.18. The van der Waals surface area contributed by atoms with Crippen LogP contribution >= 0.6 is 11.3 Å². The van der Waals surface area contributed by atoms with Crippen molar-refractivity contribution in [2.45, 2.75) is 33.7 Å². The Kier molecular flexibility index (Phi) is 5.76. The summed E-state index contributed by atoms with van der Waals surface area (Å²) in [5.74, 6) is 1.41. The minimum Gasteiger partial charge on any atom is -0.484 e. The summed E-state index contributed by atoms with van der Waals surface area (Å²) in [4.78, 5) is 12.9. The van der Waals surface area contributed by atoms with Gasteiger partial charge in [0, 0.05) is 18.5 Å². The Bertz CT molecular complexity index is 1160. The first-order valence-corrected chi connectivity index (χ1v) is 10.6. The van der Waals surface area contributed by atoms with Crippen LogP contribution in [-0.4, -0.2) is 32.3 Å². The van der Waals surface area contributed by atoms with Gasteiger partial charge in [-0.1, -0.05) is 48.6 Å². The molecule has 0 spiro atoms. The van der Waals surface area contributed by atoms with Gasteiger partial charge in [0.2, 0.25) is 4.96 Å². The summed E-state index contributed by atoms with van der Waals surface area (Å²) in [6.07, 6.45) is 0.788. The van der Waals surface area contributed by atoms with Crippen molar-refractivity contribution in [3.63, 3.8) is 0 Å². The van der Waals surface area contributed by atoms with Crippen LogP contribution in [0.3, 0.4) is 0 Å². The van der Waals surface area contributed by atoms with Gasteiger partial charge in [0.25, 0.3) is 5.91 Å². The zero-order chi connectivity index (χ0) is 21.1. The van der Waals surface area contributed by atoms with Gasteiger partial charge in [-0.3, -0.25) is 4.79 Å². The van der Waals surface area contributed by atoms with Gasteiger partial charge in [-0.2, -0.15) is 9.61 Å². The molecule has 1 amide bonds. The number of carbonyl (C=O) groups is 1. The Balaban J connectivity index is 1.32. The average molecular weight is 422 g/mol. The first-order valence-electron chi connectivity index (χ1n) is 9.80. The highest BCUT2D eigenvalue weighted by Crippen LogP contribution is 2.25. The van der Waals surface area contributed by atoms with E-state index in [4.69, 9.17) is 4.74 Å². The number of fused-ring (bicyclic) bond motifs is 1. The van der Waals surface area contributed by atoms with Crippen LogP contribution in [0.2, 0.25) is 0 Å². The van der Waals surface area contributed by atoms with E-state index in [1.807, 2.05) is 57.2 Å². The van der Waals surface area contributed by atoms with Gasteiger partial charge in [0.15, 0.2) is 12.4 Å². The molecule has 0 saturated heterocycles. The van der Waals surface area contributed by atoms with Crippen LogP contribution in [0.1, 0.15) is 29.4 Å². The molecule has 0 atom stereocenters. The standard InChI is InChI=1S/C22H23N5O2S/c1-4-19-24-25-22-27(19)26-21(30-22)17-7-5-16(6-8-17)12-23-20(28)13-29-18-10-14(2)9-15(3)11-18/h5-11H,4,12-13H2,1-3H3,(H,23,28). The molecule has 8 heteroatoms. The third-order valence-electron chi connectivity index (χ3n) is 4.63. The second-order valence-electron chi connectivity index (χ2n) is 7.16. The van der Waals surface area contributed by atoms with E-state index in [0.29, 0.717) is 12.3 Å². The summed E-state index contributed by atoms with van der Waals surface area (Å²) in [7, 11) is 0. The second kappa shape index (κ2) is 8.62. The first-order chi connectivity index (χ1) is 14.5. The normalized spacial score (nSPS) is 11.0. The molecule has 4 rings (SSSR count). The summed E-state index contributed by atoms with van der Waals surface area (Å²) in [5.41, 5.74) is 4.25. The van der Waals surface area contributed by atoms with Gasteiger partial charge in [-0.15, -0.1) is 10.2 Å². The Labute approximate surface area is 178 Å². The molecule has 0 aliphatic carbocycles. The van der Waals surface area contributed by atoms with Crippen LogP contribution < -0.4 is 10.1 Å². The highest BCUT2D eigenvalue weighted by molar-refractivity contribution is 7.19. The molecular formula is C22H23N5O2S. The Hall–Kier alpha value is -3.26. The lowest BCUT2D eigenvalue weighted by atomic mass is 10.1.